The number of carbonyl (C=O) groups is 1. The second-order valence-corrected chi connectivity index (χ2v) is 9.26. The number of amides is 1. The molecule has 0 unspecified atom stereocenters. The number of sulfonamides is 1. The summed E-state index contributed by atoms with van der Waals surface area (Å²) in [7, 11) is -4.27. The third-order valence-corrected chi connectivity index (χ3v) is 6.74. The van der Waals surface area contributed by atoms with E-state index in [2.05, 4.69) is 5.32 Å². The lowest BCUT2D eigenvalue weighted by molar-refractivity contribution is -0.116. The molecule has 3 rings (SSSR count). The van der Waals surface area contributed by atoms with Crippen LogP contribution in [0, 0.1) is 11.6 Å². The predicted octanol–water partition coefficient (Wildman–Crippen LogP) is 5.10. The Hall–Kier alpha value is -2.52. The van der Waals surface area contributed by atoms with Gasteiger partial charge in [-0.2, -0.15) is 4.31 Å². The second-order valence-electron chi connectivity index (χ2n) is 6.51. The van der Waals surface area contributed by atoms with Gasteiger partial charge in [-0.15, -0.1) is 0 Å². The molecule has 0 heterocycles. The molecule has 0 spiro atoms. The largest absolute Gasteiger partial charge is 0.322 e. The highest BCUT2D eigenvalue weighted by atomic mass is 35.5. The number of hydrogen-bond acceptors (Lipinski definition) is 3. The minimum atomic E-state index is -4.27. The van der Waals surface area contributed by atoms with Crippen LogP contribution in [0.2, 0.25) is 10.0 Å². The first-order valence-corrected chi connectivity index (χ1v) is 11.1. The van der Waals surface area contributed by atoms with Crippen LogP contribution in [0.3, 0.4) is 0 Å². The number of hydrogen-bond donors (Lipinski definition) is 1. The summed E-state index contributed by atoms with van der Waals surface area (Å²) in [6.45, 7) is -0.832. The summed E-state index contributed by atoms with van der Waals surface area (Å²) in [5.41, 5.74) is 0.205. The molecule has 3 aromatic rings. The van der Waals surface area contributed by atoms with E-state index in [1.807, 2.05) is 0 Å². The SMILES string of the molecule is O=C(CN(Cc1ccccc1)S(=O)(=O)c1cc(Cl)ccc1Cl)Nc1cc(F)ccc1F. The summed E-state index contributed by atoms with van der Waals surface area (Å²) in [5.74, 6) is -2.47. The summed E-state index contributed by atoms with van der Waals surface area (Å²) < 4.78 is 54.7. The maximum absolute atomic E-state index is 13.9. The van der Waals surface area contributed by atoms with Crippen molar-refractivity contribution in [1.29, 1.82) is 0 Å². The molecule has 10 heteroatoms. The van der Waals surface area contributed by atoms with Gasteiger partial charge in [0.1, 0.15) is 16.5 Å². The third-order valence-electron chi connectivity index (χ3n) is 4.24. The van der Waals surface area contributed by atoms with Crippen LogP contribution < -0.4 is 5.32 Å². The molecule has 0 saturated heterocycles. The monoisotopic (exact) mass is 484 g/mol. The minimum Gasteiger partial charge on any atom is -0.322 e. The molecule has 0 radical (unpaired) electrons. The van der Waals surface area contributed by atoms with Gasteiger partial charge in [0.15, 0.2) is 0 Å². The van der Waals surface area contributed by atoms with Gasteiger partial charge in [0, 0.05) is 17.6 Å². The van der Waals surface area contributed by atoms with Crippen molar-refractivity contribution in [3.05, 3.63) is 94.0 Å². The number of rotatable bonds is 7. The number of nitrogens with zero attached hydrogens (tertiary/aromatic N) is 1. The molecule has 0 aliphatic carbocycles. The lowest BCUT2D eigenvalue weighted by atomic mass is 10.2. The van der Waals surface area contributed by atoms with Crippen molar-refractivity contribution in [1.82, 2.24) is 4.31 Å². The summed E-state index contributed by atoms with van der Waals surface area (Å²) >= 11 is 12.0. The van der Waals surface area contributed by atoms with E-state index >= 15 is 0 Å². The van der Waals surface area contributed by atoms with Crippen molar-refractivity contribution < 1.29 is 22.0 Å². The Kier molecular flexibility index (Phi) is 7.27. The molecule has 0 aromatic heterocycles. The molecule has 3 aromatic carbocycles. The fraction of sp³-hybridized carbons (Fsp3) is 0.0952. The van der Waals surface area contributed by atoms with Crippen LogP contribution in [0.1, 0.15) is 5.56 Å². The van der Waals surface area contributed by atoms with Crippen LogP contribution >= 0.6 is 23.2 Å². The zero-order chi connectivity index (χ0) is 22.6. The first kappa shape index (κ1) is 23.1. The molecule has 1 amide bonds. The Morgan fingerprint density at radius 3 is 2.39 bits per heavy atom. The van der Waals surface area contributed by atoms with E-state index in [4.69, 9.17) is 23.2 Å². The summed E-state index contributed by atoms with van der Waals surface area (Å²) in [5, 5.41) is 2.27. The molecule has 0 fully saturated rings. The van der Waals surface area contributed by atoms with Gasteiger partial charge in [0.2, 0.25) is 15.9 Å². The van der Waals surface area contributed by atoms with E-state index in [0.29, 0.717) is 5.56 Å². The first-order chi connectivity index (χ1) is 14.7. The Balaban J connectivity index is 1.93. The van der Waals surface area contributed by atoms with Crippen LogP contribution in [0.4, 0.5) is 14.5 Å². The van der Waals surface area contributed by atoms with E-state index in [0.717, 1.165) is 22.5 Å². The van der Waals surface area contributed by atoms with Gasteiger partial charge in [-0.05, 0) is 35.9 Å². The van der Waals surface area contributed by atoms with Crippen LogP contribution in [-0.2, 0) is 21.4 Å². The van der Waals surface area contributed by atoms with Crippen molar-refractivity contribution in [3.8, 4) is 0 Å². The Morgan fingerprint density at radius 1 is 0.968 bits per heavy atom. The van der Waals surface area contributed by atoms with Crippen LogP contribution in [0.25, 0.3) is 0 Å². The molecule has 1 N–H and O–H groups in total. The van der Waals surface area contributed by atoms with Gasteiger partial charge in [-0.1, -0.05) is 53.5 Å². The topological polar surface area (TPSA) is 66.5 Å². The average molecular weight is 485 g/mol. The first-order valence-electron chi connectivity index (χ1n) is 8.91. The molecule has 0 aliphatic heterocycles. The van der Waals surface area contributed by atoms with Gasteiger partial charge >= 0.3 is 0 Å². The van der Waals surface area contributed by atoms with Crippen molar-refractivity contribution in [3.63, 3.8) is 0 Å². The number of carbonyl (C=O) groups excluding carboxylic acids is 1. The van der Waals surface area contributed by atoms with Crippen molar-refractivity contribution >= 4 is 44.8 Å². The van der Waals surface area contributed by atoms with E-state index in [9.17, 15) is 22.0 Å². The highest BCUT2D eigenvalue weighted by molar-refractivity contribution is 7.89. The van der Waals surface area contributed by atoms with Gasteiger partial charge in [-0.25, -0.2) is 17.2 Å². The lowest BCUT2D eigenvalue weighted by Gasteiger charge is -2.23. The Morgan fingerprint density at radius 2 is 1.68 bits per heavy atom. The van der Waals surface area contributed by atoms with Crippen molar-refractivity contribution in [2.75, 3.05) is 11.9 Å². The lowest BCUT2D eigenvalue weighted by Crippen LogP contribution is -2.37. The molecule has 5 nitrogen and oxygen atoms in total. The van der Waals surface area contributed by atoms with Crippen molar-refractivity contribution in [2.24, 2.45) is 0 Å². The van der Waals surface area contributed by atoms with E-state index in [-0.39, 0.29) is 21.5 Å². The fourth-order valence-electron chi connectivity index (χ4n) is 2.77. The molecule has 0 aliphatic rings. The van der Waals surface area contributed by atoms with E-state index in [1.54, 1.807) is 30.3 Å². The second kappa shape index (κ2) is 9.74. The number of halogens is 4. The normalized spacial score (nSPS) is 11.5. The number of benzene rings is 3. The van der Waals surface area contributed by atoms with Crippen molar-refractivity contribution in [2.45, 2.75) is 11.4 Å². The fourth-order valence-corrected chi connectivity index (χ4v) is 4.89. The zero-order valence-corrected chi connectivity index (χ0v) is 18.2. The molecule has 0 saturated carbocycles. The summed E-state index contributed by atoms with van der Waals surface area (Å²) in [6, 6.07) is 15.1. The molecule has 162 valence electrons. The maximum Gasteiger partial charge on any atom is 0.245 e. The standard InChI is InChI=1S/C21H16Cl2F2N2O3S/c22-15-6-8-17(23)20(10-15)31(29,30)27(12-14-4-2-1-3-5-14)13-21(28)26-19-11-16(24)7-9-18(19)25/h1-11H,12-13H2,(H,26,28). The third kappa shape index (κ3) is 5.80. The number of nitrogens with one attached hydrogen (secondary N) is 1. The molecule has 0 atom stereocenters. The highest BCUT2D eigenvalue weighted by Gasteiger charge is 2.29. The number of anilines is 1. The van der Waals surface area contributed by atoms with Gasteiger partial charge < -0.3 is 5.32 Å². The quantitative estimate of drug-likeness (QED) is 0.507. The van der Waals surface area contributed by atoms with Gasteiger partial charge in [0.25, 0.3) is 0 Å². The molecular weight excluding hydrogens is 469 g/mol. The summed E-state index contributed by atoms with van der Waals surface area (Å²) in [4.78, 5) is 12.3. The highest BCUT2D eigenvalue weighted by Crippen LogP contribution is 2.28. The molecule has 0 bridgehead atoms. The van der Waals surface area contributed by atoms with Crippen LogP contribution in [0.15, 0.2) is 71.6 Å². The summed E-state index contributed by atoms with van der Waals surface area (Å²) in [6.07, 6.45) is 0. The Bertz CT molecular complexity index is 1210. The van der Waals surface area contributed by atoms with E-state index in [1.165, 1.54) is 18.2 Å². The molecule has 31 heavy (non-hydrogen) atoms. The van der Waals surface area contributed by atoms with Gasteiger partial charge in [0.05, 0.1) is 17.3 Å². The Labute approximate surface area is 188 Å². The predicted molar refractivity (Wildman–Crippen MR) is 115 cm³/mol. The average Bonchev–Trinajstić information content (AvgIpc) is 2.72. The molecular formula is C21H16Cl2F2N2O3S. The van der Waals surface area contributed by atoms with E-state index < -0.39 is 39.8 Å². The van der Waals surface area contributed by atoms with Gasteiger partial charge in [-0.3, -0.25) is 4.79 Å². The maximum atomic E-state index is 13.9. The minimum absolute atomic E-state index is 0.0703. The smallest absolute Gasteiger partial charge is 0.245 e. The van der Waals surface area contributed by atoms with Crippen LogP contribution in [0.5, 0.6) is 0 Å². The van der Waals surface area contributed by atoms with Crippen LogP contribution in [-0.4, -0.2) is 25.2 Å². The zero-order valence-electron chi connectivity index (χ0n) is 15.9.